The van der Waals surface area contributed by atoms with E-state index < -0.39 is 16.7 Å². The first kappa shape index (κ1) is 25.9. The van der Waals surface area contributed by atoms with Gasteiger partial charge in [-0.1, -0.05) is 50.6 Å². The predicted octanol–water partition coefficient (Wildman–Crippen LogP) is 5.14. The van der Waals surface area contributed by atoms with E-state index in [1.807, 2.05) is 26.8 Å². The molecule has 1 heterocycles. The summed E-state index contributed by atoms with van der Waals surface area (Å²) in [6, 6.07) is 13.2. The van der Waals surface area contributed by atoms with Crippen LogP contribution in [0.4, 0.5) is 11.5 Å². The van der Waals surface area contributed by atoms with Gasteiger partial charge in [0.05, 0.1) is 21.3 Å². The number of hydrogen-bond donors (Lipinski definition) is 1. The lowest BCUT2D eigenvalue weighted by Crippen LogP contribution is -2.38. The summed E-state index contributed by atoms with van der Waals surface area (Å²) >= 11 is 6.38. The maximum absolute atomic E-state index is 13.0. The molecule has 0 aliphatic rings. The molecule has 0 unspecified atom stereocenters. The highest BCUT2D eigenvalue weighted by atomic mass is 35.5. The Morgan fingerprint density at radius 3 is 2.46 bits per heavy atom. The molecule has 0 spiro atoms. The van der Waals surface area contributed by atoms with E-state index in [0.29, 0.717) is 22.1 Å². The summed E-state index contributed by atoms with van der Waals surface area (Å²) in [5, 5.41) is 19.2. The predicted molar refractivity (Wildman–Crippen MR) is 135 cm³/mol. The van der Waals surface area contributed by atoms with E-state index in [0.717, 1.165) is 5.69 Å². The van der Waals surface area contributed by atoms with Gasteiger partial charge >= 0.3 is 0 Å². The number of nitro groups is 1. The summed E-state index contributed by atoms with van der Waals surface area (Å²) in [6.07, 6.45) is 0. The lowest BCUT2D eigenvalue weighted by Gasteiger charge is -2.20. The van der Waals surface area contributed by atoms with Crippen LogP contribution in [0.25, 0.3) is 5.69 Å². The number of nitro benzene ring substituents is 1. The molecule has 35 heavy (non-hydrogen) atoms. The van der Waals surface area contributed by atoms with E-state index in [9.17, 15) is 19.7 Å². The van der Waals surface area contributed by atoms with Crippen LogP contribution in [0.5, 0.6) is 0 Å². The second-order valence-electron chi connectivity index (χ2n) is 9.15. The highest BCUT2D eigenvalue weighted by Gasteiger charge is 2.24. The number of hydrogen-bond acceptors (Lipinski definition) is 5. The van der Waals surface area contributed by atoms with Gasteiger partial charge < -0.3 is 10.2 Å². The fourth-order valence-electron chi connectivity index (χ4n) is 3.45. The molecule has 184 valence electrons. The van der Waals surface area contributed by atoms with Crippen molar-refractivity contribution in [3.05, 3.63) is 80.5 Å². The van der Waals surface area contributed by atoms with Crippen molar-refractivity contribution in [2.45, 2.75) is 40.0 Å². The number of nitrogens with zero attached hydrogens (tertiary/aromatic N) is 4. The minimum absolute atomic E-state index is 0.144. The van der Waals surface area contributed by atoms with Crippen molar-refractivity contribution in [1.82, 2.24) is 14.7 Å². The molecule has 10 heteroatoms. The number of nitrogens with one attached hydrogen (secondary N) is 1. The van der Waals surface area contributed by atoms with Crippen LogP contribution >= 0.6 is 11.6 Å². The summed E-state index contributed by atoms with van der Waals surface area (Å²) < 4.78 is 1.57. The Hall–Kier alpha value is -3.72. The third-order valence-electron chi connectivity index (χ3n) is 5.48. The maximum atomic E-state index is 13.0. The average molecular weight is 498 g/mol. The van der Waals surface area contributed by atoms with Crippen LogP contribution in [0.15, 0.2) is 48.5 Å². The Morgan fingerprint density at radius 2 is 1.86 bits per heavy atom. The van der Waals surface area contributed by atoms with Gasteiger partial charge in [0.25, 0.3) is 11.6 Å². The van der Waals surface area contributed by atoms with Crippen LogP contribution in [0, 0.1) is 17.0 Å². The molecule has 0 atom stereocenters. The number of aromatic nitrogens is 2. The largest absolute Gasteiger partial charge is 0.330 e. The standard InChI is InChI=1S/C25H28ClN5O4/c1-6-29(24(33)17-12-11-16(2)20(13-17)31(34)35)15-23(32)27-22-14-21(25(3,4)5)28-30(22)19-10-8-7-9-18(19)26/h7-14H,6,15H2,1-5H3,(H,27,32). The molecule has 0 bridgehead atoms. The van der Waals surface area contributed by atoms with E-state index in [1.54, 1.807) is 42.8 Å². The van der Waals surface area contributed by atoms with Crippen LogP contribution in [-0.4, -0.2) is 44.5 Å². The Bertz CT molecular complexity index is 1280. The molecule has 3 rings (SSSR count). The molecular weight excluding hydrogens is 470 g/mol. The molecule has 3 aromatic rings. The molecule has 1 N–H and O–H groups in total. The maximum Gasteiger partial charge on any atom is 0.273 e. The Kier molecular flexibility index (Phi) is 7.60. The van der Waals surface area contributed by atoms with Gasteiger partial charge in [-0.15, -0.1) is 0 Å². The number of para-hydroxylation sites is 1. The molecule has 0 fully saturated rings. The van der Waals surface area contributed by atoms with Crippen LogP contribution in [0.1, 0.15) is 49.3 Å². The molecular formula is C25H28ClN5O4. The normalized spacial score (nSPS) is 11.3. The quantitative estimate of drug-likeness (QED) is 0.359. The molecule has 0 radical (unpaired) electrons. The monoisotopic (exact) mass is 497 g/mol. The summed E-state index contributed by atoms with van der Waals surface area (Å²) in [5.74, 6) is -0.487. The Morgan fingerprint density at radius 1 is 1.17 bits per heavy atom. The minimum Gasteiger partial charge on any atom is -0.330 e. The van der Waals surface area contributed by atoms with Crippen LogP contribution < -0.4 is 5.32 Å². The van der Waals surface area contributed by atoms with Crippen LogP contribution in [0.2, 0.25) is 5.02 Å². The highest BCUT2D eigenvalue weighted by molar-refractivity contribution is 6.32. The lowest BCUT2D eigenvalue weighted by molar-refractivity contribution is -0.385. The van der Waals surface area contributed by atoms with Crippen molar-refractivity contribution in [2.75, 3.05) is 18.4 Å². The summed E-state index contributed by atoms with van der Waals surface area (Å²) in [7, 11) is 0. The first-order valence-corrected chi connectivity index (χ1v) is 11.5. The Balaban J connectivity index is 1.86. The van der Waals surface area contributed by atoms with E-state index >= 15 is 0 Å². The number of anilines is 1. The SMILES string of the molecule is CCN(CC(=O)Nc1cc(C(C)(C)C)nn1-c1ccccc1Cl)C(=O)c1ccc(C)c([N+](=O)[O-])c1. The first-order chi connectivity index (χ1) is 16.4. The van der Waals surface area contributed by atoms with Gasteiger partial charge in [0.2, 0.25) is 5.91 Å². The van der Waals surface area contributed by atoms with Crippen molar-refractivity contribution < 1.29 is 14.5 Å². The number of carbonyl (C=O) groups is 2. The topological polar surface area (TPSA) is 110 Å². The number of halogens is 1. The van der Waals surface area contributed by atoms with Crippen molar-refractivity contribution >= 4 is 34.9 Å². The van der Waals surface area contributed by atoms with Gasteiger partial charge in [0.1, 0.15) is 12.4 Å². The van der Waals surface area contributed by atoms with E-state index in [-0.39, 0.29) is 29.8 Å². The number of rotatable bonds is 7. The zero-order valence-corrected chi connectivity index (χ0v) is 21.1. The van der Waals surface area contributed by atoms with Crippen molar-refractivity contribution in [1.29, 1.82) is 0 Å². The molecule has 0 aliphatic heterocycles. The van der Waals surface area contributed by atoms with Gasteiger partial charge in [-0.05, 0) is 32.0 Å². The zero-order chi connectivity index (χ0) is 25.9. The number of carbonyl (C=O) groups excluding carboxylic acids is 2. The second-order valence-corrected chi connectivity index (χ2v) is 9.56. The molecule has 0 saturated carbocycles. The average Bonchev–Trinajstić information content (AvgIpc) is 3.21. The third-order valence-corrected chi connectivity index (χ3v) is 5.80. The highest BCUT2D eigenvalue weighted by Crippen LogP contribution is 2.29. The second kappa shape index (κ2) is 10.3. The number of amides is 2. The summed E-state index contributed by atoms with van der Waals surface area (Å²) in [5.41, 5.74) is 1.54. The summed E-state index contributed by atoms with van der Waals surface area (Å²) in [4.78, 5) is 38.0. The third kappa shape index (κ3) is 5.86. The fourth-order valence-corrected chi connectivity index (χ4v) is 3.66. The van der Waals surface area contributed by atoms with Gasteiger partial charge in [-0.2, -0.15) is 5.10 Å². The smallest absolute Gasteiger partial charge is 0.273 e. The molecule has 2 aromatic carbocycles. The van der Waals surface area contributed by atoms with Crippen molar-refractivity contribution in [3.8, 4) is 5.69 Å². The number of aryl methyl sites for hydroxylation is 1. The van der Waals surface area contributed by atoms with Gasteiger partial charge in [-0.3, -0.25) is 19.7 Å². The van der Waals surface area contributed by atoms with Gasteiger partial charge in [0, 0.05) is 35.2 Å². The van der Waals surface area contributed by atoms with E-state index in [2.05, 4.69) is 10.4 Å². The zero-order valence-electron chi connectivity index (χ0n) is 20.3. The molecule has 9 nitrogen and oxygen atoms in total. The molecule has 0 aliphatic carbocycles. The van der Waals surface area contributed by atoms with Crippen molar-refractivity contribution in [3.63, 3.8) is 0 Å². The Labute approximate surface area is 208 Å². The van der Waals surface area contributed by atoms with Crippen LogP contribution in [-0.2, 0) is 10.2 Å². The van der Waals surface area contributed by atoms with Gasteiger partial charge in [0.15, 0.2) is 0 Å². The summed E-state index contributed by atoms with van der Waals surface area (Å²) in [6.45, 7) is 9.37. The fraction of sp³-hybridized carbons (Fsp3) is 0.320. The van der Waals surface area contributed by atoms with Crippen molar-refractivity contribution in [2.24, 2.45) is 0 Å². The molecule has 0 saturated heterocycles. The first-order valence-electron chi connectivity index (χ1n) is 11.1. The van der Waals surface area contributed by atoms with E-state index in [1.165, 1.54) is 23.1 Å². The minimum atomic E-state index is -0.530. The van der Waals surface area contributed by atoms with Crippen LogP contribution in [0.3, 0.4) is 0 Å². The van der Waals surface area contributed by atoms with E-state index in [4.69, 9.17) is 11.6 Å². The molecule has 1 aromatic heterocycles. The lowest BCUT2D eigenvalue weighted by atomic mass is 9.92. The molecule has 2 amide bonds. The van der Waals surface area contributed by atoms with Gasteiger partial charge in [-0.25, -0.2) is 4.68 Å². The number of likely N-dealkylation sites (N-methyl/N-ethyl adjacent to an activating group) is 1. The number of benzene rings is 2.